The zero-order valence-corrected chi connectivity index (χ0v) is 21.7. The lowest BCUT2D eigenvalue weighted by Gasteiger charge is -2.41. The number of rotatable bonds is 2. The highest BCUT2D eigenvalue weighted by Crippen LogP contribution is 2.39. The van der Waals surface area contributed by atoms with Crippen molar-refractivity contribution in [1.82, 2.24) is 14.9 Å². The Labute approximate surface area is 205 Å². The van der Waals surface area contributed by atoms with Crippen LogP contribution in [0, 0.1) is 11.8 Å². The second kappa shape index (κ2) is 12.1. The number of nitrogens with one attached hydrogen (secondary N) is 1. The molecule has 2 saturated heterocycles. The zero-order valence-electron chi connectivity index (χ0n) is 20.8. The maximum Gasteiger partial charge on any atom is 0.282 e. The highest BCUT2D eigenvalue weighted by Gasteiger charge is 2.34. The molecule has 1 aromatic heterocycles. The van der Waals surface area contributed by atoms with Gasteiger partial charge in [0.25, 0.3) is 5.56 Å². The molecule has 2 aliphatic carbocycles. The van der Waals surface area contributed by atoms with E-state index in [0.717, 1.165) is 43.0 Å². The molecular formula is C27H42N3O3P. The molecule has 4 aliphatic rings. The summed E-state index contributed by atoms with van der Waals surface area (Å²) in [5.74, 6) is 2.30. The number of hydrogen-bond donors (Lipinski definition) is 3. The average molecular weight is 488 g/mol. The fourth-order valence-corrected chi connectivity index (χ4v) is 7.18. The second-order valence-corrected chi connectivity index (χ2v) is 11.3. The summed E-state index contributed by atoms with van der Waals surface area (Å²) in [4.78, 5) is 36.2. The van der Waals surface area contributed by atoms with Gasteiger partial charge in [0, 0.05) is 18.1 Å². The molecule has 2 aromatic rings. The van der Waals surface area contributed by atoms with Crippen molar-refractivity contribution >= 4 is 24.8 Å². The highest BCUT2D eigenvalue weighted by atomic mass is 31.2. The predicted octanol–water partition coefficient (Wildman–Crippen LogP) is 5.17. The minimum absolute atomic E-state index is 0.0839. The standard InChI is InChI=1S/C16H20N3O3P.C9H16.C2H6/c20-16-15(23(21)22)18-13-6-1-2-7-14(13)19(16)12-8-10-4-3-5-11(9-12)17-10;1-3-8-5-2-6-9(4-1)7-8;1-2/h1-2,6-7,10-12,17,21-22H,3-5,8-9H2;8-9H,1-7H2;1-2H3. The molecule has 7 heteroatoms. The van der Waals surface area contributed by atoms with E-state index in [0.29, 0.717) is 17.6 Å². The number of para-hydroxylation sites is 2. The zero-order chi connectivity index (χ0) is 24.1. The van der Waals surface area contributed by atoms with Crippen molar-refractivity contribution in [3.05, 3.63) is 34.6 Å². The van der Waals surface area contributed by atoms with Crippen molar-refractivity contribution in [3.8, 4) is 0 Å². The number of aromatic nitrogens is 2. The first-order valence-electron chi connectivity index (χ1n) is 13.5. The topological polar surface area (TPSA) is 87.4 Å². The maximum atomic E-state index is 12.8. The molecule has 2 aliphatic heterocycles. The van der Waals surface area contributed by atoms with Crippen LogP contribution in [0.2, 0.25) is 0 Å². The Balaban J connectivity index is 0.000000207. The van der Waals surface area contributed by atoms with Crippen LogP contribution in [0.1, 0.15) is 96.9 Å². The fourth-order valence-electron chi connectivity index (χ4n) is 6.70. The molecule has 2 atom stereocenters. The lowest BCUT2D eigenvalue weighted by atomic mass is 9.72. The van der Waals surface area contributed by atoms with Crippen molar-refractivity contribution in [1.29, 1.82) is 0 Å². The lowest BCUT2D eigenvalue weighted by Crippen LogP contribution is -2.51. The van der Waals surface area contributed by atoms with E-state index >= 15 is 0 Å². The van der Waals surface area contributed by atoms with Crippen LogP contribution in [0.4, 0.5) is 0 Å². The molecule has 3 heterocycles. The molecule has 34 heavy (non-hydrogen) atoms. The fraction of sp³-hybridized carbons (Fsp3) is 0.704. The molecular weight excluding hydrogens is 445 g/mol. The van der Waals surface area contributed by atoms with Crippen LogP contribution >= 0.6 is 8.38 Å². The molecule has 188 valence electrons. The van der Waals surface area contributed by atoms with Crippen LogP contribution in [0.15, 0.2) is 29.1 Å². The quantitative estimate of drug-likeness (QED) is 0.509. The lowest BCUT2D eigenvalue weighted by molar-refractivity contribution is 0.189. The molecule has 0 radical (unpaired) electrons. The normalized spacial score (nSPS) is 30.1. The van der Waals surface area contributed by atoms with Crippen molar-refractivity contribution in [2.24, 2.45) is 11.8 Å². The average Bonchev–Trinajstić information content (AvgIpc) is 2.85. The first-order chi connectivity index (χ1) is 16.6. The van der Waals surface area contributed by atoms with Crippen LogP contribution in [0.25, 0.3) is 11.0 Å². The smallest absolute Gasteiger partial charge is 0.282 e. The first-order valence-corrected chi connectivity index (χ1v) is 14.8. The van der Waals surface area contributed by atoms with E-state index in [2.05, 4.69) is 10.3 Å². The summed E-state index contributed by atoms with van der Waals surface area (Å²) in [6, 6.07) is 8.42. The summed E-state index contributed by atoms with van der Waals surface area (Å²) in [5, 5.41) is 3.63. The largest absolute Gasteiger partial charge is 0.345 e. The van der Waals surface area contributed by atoms with Gasteiger partial charge in [0.1, 0.15) is 0 Å². The SMILES string of the molecule is C1CC2CCCC(C1)C2.CC.O=c1c(P(O)O)nc2ccccc2n1C1CC2CCCC(C1)N2. The Hall–Kier alpha value is -1.33. The summed E-state index contributed by atoms with van der Waals surface area (Å²) < 4.78 is 1.76. The number of fused-ring (bicyclic) bond motifs is 5. The van der Waals surface area contributed by atoms with Gasteiger partial charge in [0.15, 0.2) is 5.44 Å². The Morgan fingerprint density at radius 1 is 0.882 bits per heavy atom. The number of nitrogens with zero attached hydrogens (tertiary/aromatic N) is 2. The molecule has 4 bridgehead atoms. The van der Waals surface area contributed by atoms with E-state index in [4.69, 9.17) is 0 Å². The van der Waals surface area contributed by atoms with Gasteiger partial charge in [-0.05, 0) is 56.1 Å². The maximum absolute atomic E-state index is 12.8. The number of benzene rings is 1. The molecule has 1 aromatic carbocycles. The third-order valence-corrected chi connectivity index (χ3v) is 8.81. The van der Waals surface area contributed by atoms with Crippen LogP contribution in [-0.2, 0) is 0 Å². The van der Waals surface area contributed by atoms with Gasteiger partial charge in [0.2, 0.25) is 8.38 Å². The second-order valence-electron chi connectivity index (χ2n) is 10.3. The predicted molar refractivity (Wildman–Crippen MR) is 140 cm³/mol. The molecule has 2 unspecified atom stereocenters. The van der Waals surface area contributed by atoms with Gasteiger partial charge in [-0.15, -0.1) is 0 Å². The third-order valence-electron chi connectivity index (χ3n) is 8.14. The van der Waals surface area contributed by atoms with Crippen LogP contribution in [0.3, 0.4) is 0 Å². The summed E-state index contributed by atoms with van der Waals surface area (Å²) in [6.45, 7) is 4.00. The summed E-state index contributed by atoms with van der Waals surface area (Å²) >= 11 is 0. The van der Waals surface area contributed by atoms with E-state index < -0.39 is 8.38 Å². The van der Waals surface area contributed by atoms with Gasteiger partial charge in [0.05, 0.1) is 11.0 Å². The summed E-state index contributed by atoms with van der Waals surface area (Å²) in [5.41, 5.74) is 0.941. The summed E-state index contributed by atoms with van der Waals surface area (Å²) in [6.07, 6.45) is 16.2. The third kappa shape index (κ3) is 5.90. The van der Waals surface area contributed by atoms with Gasteiger partial charge in [-0.25, -0.2) is 4.98 Å². The van der Waals surface area contributed by atoms with E-state index in [-0.39, 0.29) is 17.0 Å². The molecule has 2 saturated carbocycles. The van der Waals surface area contributed by atoms with Crippen molar-refractivity contribution in [2.75, 3.05) is 0 Å². The van der Waals surface area contributed by atoms with Gasteiger partial charge in [-0.2, -0.15) is 0 Å². The van der Waals surface area contributed by atoms with E-state index in [9.17, 15) is 14.6 Å². The summed E-state index contributed by atoms with van der Waals surface area (Å²) in [7, 11) is -2.50. The van der Waals surface area contributed by atoms with Gasteiger partial charge in [-0.3, -0.25) is 4.79 Å². The first kappa shape index (κ1) is 25.8. The van der Waals surface area contributed by atoms with Gasteiger partial charge in [-0.1, -0.05) is 70.9 Å². The van der Waals surface area contributed by atoms with Crippen LogP contribution in [-0.4, -0.2) is 31.4 Å². The molecule has 6 rings (SSSR count). The van der Waals surface area contributed by atoms with Crippen molar-refractivity contribution in [3.63, 3.8) is 0 Å². The number of piperidine rings is 2. The minimum atomic E-state index is -2.50. The van der Waals surface area contributed by atoms with Gasteiger partial charge < -0.3 is 19.7 Å². The molecule has 3 N–H and O–H groups in total. The minimum Gasteiger partial charge on any atom is -0.345 e. The van der Waals surface area contributed by atoms with E-state index in [1.165, 1.54) is 19.3 Å². The molecule has 4 fully saturated rings. The Morgan fingerprint density at radius 2 is 1.44 bits per heavy atom. The molecule has 6 nitrogen and oxygen atoms in total. The monoisotopic (exact) mass is 487 g/mol. The van der Waals surface area contributed by atoms with Crippen LogP contribution < -0.4 is 16.3 Å². The van der Waals surface area contributed by atoms with Crippen LogP contribution in [0.5, 0.6) is 0 Å². The number of hydrogen-bond acceptors (Lipinski definition) is 5. The Bertz CT molecular complexity index is 963. The van der Waals surface area contributed by atoms with E-state index in [1.807, 2.05) is 38.1 Å². The van der Waals surface area contributed by atoms with Crippen molar-refractivity contribution in [2.45, 2.75) is 109 Å². The van der Waals surface area contributed by atoms with Crippen molar-refractivity contribution < 1.29 is 9.79 Å². The van der Waals surface area contributed by atoms with Gasteiger partial charge >= 0.3 is 0 Å². The highest BCUT2D eigenvalue weighted by molar-refractivity contribution is 7.53. The molecule has 0 spiro atoms. The molecule has 0 amide bonds. The van der Waals surface area contributed by atoms with E-state index in [1.54, 1.807) is 36.7 Å². The Morgan fingerprint density at radius 3 is 2.00 bits per heavy atom. The Kier molecular flexibility index (Phi) is 9.15.